The van der Waals surface area contributed by atoms with Crippen LogP contribution in [-0.2, 0) is 19.1 Å². The van der Waals surface area contributed by atoms with Crippen molar-refractivity contribution >= 4 is 17.5 Å². The lowest BCUT2D eigenvalue weighted by Crippen LogP contribution is -2.61. The van der Waals surface area contributed by atoms with Crippen molar-refractivity contribution in [3.63, 3.8) is 0 Å². The number of carbonyl (C=O) groups is 3. The Morgan fingerprint density at radius 3 is 2.30 bits per heavy atom. The summed E-state index contributed by atoms with van der Waals surface area (Å²) in [6, 6.07) is 2.18. The van der Waals surface area contributed by atoms with Crippen LogP contribution in [0.2, 0.25) is 0 Å². The van der Waals surface area contributed by atoms with E-state index >= 15 is 0 Å². The van der Waals surface area contributed by atoms with Crippen molar-refractivity contribution in [2.75, 3.05) is 7.11 Å². The average molecular weight is 510 g/mol. The van der Waals surface area contributed by atoms with Gasteiger partial charge in [0, 0.05) is 12.3 Å². The molecule has 0 aromatic carbocycles. The van der Waals surface area contributed by atoms with E-state index in [0.29, 0.717) is 6.42 Å². The third kappa shape index (κ3) is 4.12. The Morgan fingerprint density at radius 1 is 1.05 bits per heavy atom. The number of rotatable bonds is 4. The molecule has 0 spiro atoms. The molecule has 1 unspecified atom stereocenters. The smallest absolute Gasteiger partial charge is 0.312 e. The van der Waals surface area contributed by atoms with Gasteiger partial charge in [0.25, 0.3) is 0 Å². The summed E-state index contributed by atoms with van der Waals surface area (Å²) in [7, 11) is 1.53. The van der Waals surface area contributed by atoms with E-state index in [1.165, 1.54) is 7.11 Å². The van der Waals surface area contributed by atoms with Crippen LogP contribution in [0.25, 0.3) is 0 Å². The predicted octanol–water partition coefficient (Wildman–Crippen LogP) is 6.85. The van der Waals surface area contributed by atoms with E-state index in [1.807, 2.05) is 13.0 Å². The van der Waals surface area contributed by atoms with Crippen molar-refractivity contribution < 1.29 is 19.1 Å². The van der Waals surface area contributed by atoms with Crippen molar-refractivity contribution in [1.29, 1.82) is 5.26 Å². The number of hydrogen-bond donors (Lipinski definition) is 0. The number of fused-ring (bicyclic) bond motifs is 2. The number of hydrogen-bond acceptors (Lipinski definition) is 5. The molecule has 3 saturated carbocycles. The highest BCUT2D eigenvalue weighted by molar-refractivity contribution is 6.01. The highest BCUT2D eigenvalue weighted by Crippen LogP contribution is 2.71. The molecule has 0 aromatic rings. The maximum atomic E-state index is 13.2. The molecule has 0 N–H and O–H groups in total. The molecular formula is C32H47NO4. The molecule has 37 heavy (non-hydrogen) atoms. The Bertz CT molecular complexity index is 1070. The van der Waals surface area contributed by atoms with Gasteiger partial charge in [0.05, 0.1) is 18.1 Å². The Morgan fingerprint density at radius 2 is 1.70 bits per heavy atom. The summed E-state index contributed by atoms with van der Waals surface area (Å²) in [5, 5.41) is 9.81. The summed E-state index contributed by atoms with van der Waals surface area (Å²) >= 11 is 0. The van der Waals surface area contributed by atoms with Gasteiger partial charge in [-0.1, -0.05) is 47.6 Å². The first-order chi connectivity index (χ1) is 17.1. The van der Waals surface area contributed by atoms with Crippen molar-refractivity contribution in [3.05, 3.63) is 11.6 Å². The number of ketones is 2. The number of carbonyl (C=O) groups excluding carboxylic acids is 3. The van der Waals surface area contributed by atoms with Gasteiger partial charge in [-0.3, -0.25) is 9.59 Å². The van der Waals surface area contributed by atoms with Crippen molar-refractivity contribution in [1.82, 2.24) is 0 Å². The number of allylic oxidation sites excluding steroid dienone is 2. The first kappa shape index (κ1) is 28.1. The third-order valence-electron chi connectivity index (χ3n) is 12.3. The number of methoxy groups -OCH3 is 1. The molecule has 3 fully saturated rings. The van der Waals surface area contributed by atoms with Crippen LogP contribution < -0.4 is 0 Å². The fourth-order valence-corrected chi connectivity index (χ4v) is 9.80. The summed E-state index contributed by atoms with van der Waals surface area (Å²) in [4.78, 5) is 39.0. The fourth-order valence-electron chi connectivity index (χ4n) is 9.80. The van der Waals surface area contributed by atoms with E-state index in [4.69, 9.17) is 4.74 Å². The molecule has 204 valence electrons. The minimum Gasteiger partial charge on any atom is -0.469 e. The first-order valence-corrected chi connectivity index (χ1v) is 14.3. The normalized spacial score (nSPS) is 45.1. The second-order valence-electron chi connectivity index (χ2n) is 14.7. The molecule has 5 nitrogen and oxygen atoms in total. The quantitative estimate of drug-likeness (QED) is 0.387. The van der Waals surface area contributed by atoms with Gasteiger partial charge in [0.1, 0.15) is 11.9 Å². The SMILES string of the molecule is COC(=O)[C@]12CCC(C)(C)CC1C[C@](C)([C@]1(C)CC[C@H]3[C@H](C)C(=O)C(C#N)=C[C@]3(C)[C@H]1CC(C)=O)CC2. The Hall–Kier alpha value is -1.96. The van der Waals surface area contributed by atoms with Gasteiger partial charge >= 0.3 is 5.97 Å². The van der Waals surface area contributed by atoms with Crippen LogP contribution in [0.4, 0.5) is 0 Å². The number of nitrogens with zero attached hydrogens (tertiary/aromatic N) is 1. The Labute approximate surface area is 223 Å². The monoisotopic (exact) mass is 509 g/mol. The van der Waals surface area contributed by atoms with Crippen LogP contribution in [0.15, 0.2) is 11.6 Å². The van der Waals surface area contributed by atoms with Gasteiger partial charge in [0.15, 0.2) is 5.78 Å². The predicted molar refractivity (Wildman–Crippen MR) is 143 cm³/mol. The molecule has 0 amide bonds. The molecule has 0 radical (unpaired) electrons. The molecule has 8 atom stereocenters. The molecule has 0 saturated heterocycles. The van der Waals surface area contributed by atoms with Gasteiger partial charge in [0.2, 0.25) is 0 Å². The lowest BCUT2D eigenvalue weighted by Gasteiger charge is -2.66. The summed E-state index contributed by atoms with van der Waals surface area (Å²) < 4.78 is 5.41. The molecule has 5 heteroatoms. The molecule has 0 heterocycles. The van der Waals surface area contributed by atoms with E-state index in [-0.39, 0.29) is 63.0 Å². The zero-order chi connectivity index (χ0) is 27.6. The van der Waals surface area contributed by atoms with Gasteiger partial charge in [-0.15, -0.1) is 0 Å². The number of nitriles is 1. The number of esters is 1. The highest BCUT2D eigenvalue weighted by Gasteiger charge is 2.65. The average Bonchev–Trinajstić information content (AvgIpc) is 2.82. The van der Waals surface area contributed by atoms with Crippen LogP contribution in [0.3, 0.4) is 0 Å². The minimum absolute atomic E-state index is 0.0300. The second kappa shape index (κ2) is 9.06. The van der Waals surface area contributed by atoms with Crippen molar-refractivity contribution in [2.24, 2.45) is 50.7 Å². The van der Waals surface area contributed by atoms with E-state index < -0.39 is 10.8 Å². The van der Waals surface area contributed by atoms with Gasteiger partial charge in [-0.2, -0.15) is 5.26 Å². The van der Waals surface area contributed by atoms with Crippen LogP contribution in [0.5, 0.6) is 0 Å². The topological polar surface area (TPSA) is 84.2 Å². The van der Waals surface area contributed by atoms with E-state index in [0.717, 1.165) is 51.4 Å². The zero-order valence-corrected chi connectivity index (χ0v) is 24.3. The molecular weight excluding hydrogens is 462 g/mol. The lowest BCUT2D eigenvalue weighted by molar-refractivity contribution is -0.187. The summed E-state index contributed by atoms with van der Waals surface area (Å²) in [5.41, 5.74) is -0.586. The van der Waals surface area contributed by atoms with E-state index in [1.54, 1.807) is 6.92 Å². The lowest BCUT2D eigenvalue weighted by atomic mass is 9.37. The highest BCUT2D eigenvalue weighted by atomic mass is 16.5. The molecule has 4 aliphatic rings. The molecule has 0 aliphatic heterocycles. The molecule has 0 bridgehead atoms. The maximum Gasteiger partial charge on any atom is 0.312 e. The van der Waals surface area contributed by atoms with Crippen LogP contribution in [-0.4, -0.2) is 24.6 Å². The Kier molecular flexibility index (Phi) is 6.87. The van der Waals surface area contributed by atoms with Crippen LogP contribution >= 0.6 is 0 Å². The van der Waals surface area contributed by atoms with Crippen molar-refractivity contribution in [2.45, 2.75) is 106 Å². The van der Waals surface area contributed by atoms with Gasteiger partial charge in [-0.05, 0) is 97.7 Å². The summed E-state index contributed by atoms with van der Waals surface area (Å²) in [6.07, 6.45) is 9.89. The van der Waals surface area contributed by atoms with E-state index in [9.17, 15) is 19.6 Å². The molecule has 4 aliphatic carbocycles. The first-order valence-electron chi connectivity index (χ1n) is 14.3. The minimum atomic E-state index is -0.406. The zero-order valence-electron chi connectivity index (χ0n) is 24.3. The standard InChI is InChI=1S/C32H47NO4/c1-20(34)15-25-30(6)16-22(19-33)26(35)21(2)24(30)9-10-31(25,7)29(5)12-14-32(27(36)37-8)13-11-28(3,4)17-23(32)18-29/h16,21,23-25H,9-15,17-18H2,1-8H3/t21-,23?,24-,25+,29+,30-,31+,32-/m0/s1. The molecule has 4 rings (SSSR count). The van der Waals surface area contributed by atoms with Gasteiger partial charge < -0.3 is 9.53 Å². The van der Waals surface area contributed by atoms with Crippen LogP contribution in [0, 0.1) is 62.1 Å². The maximum absolute atomic E-state index is 13.2. The fraction of sp³-hybridized carbons (Fsp3) is 0.812. The number of ether oxygens (including phenoxy) is 1. The van der Waals surface area contributed by atoms with Gasteiger partial charge in [-0.25, -0.2) is 0 Å². The van der Waals surface area contributed by atoms with Crippen LogP contribution in [0.1, 0.15) is 106 Å². The van der Waals surface area contributed by atoms with E-state index in [2.05, 4.69) is 40.7 Å². The summed E-state index contributed by atoms with van der Waals surface area (Å²) in [5.74, 6) is 0.265. The molecule has 0 aromatic heterocycles. The second-order valence-corrected chi connectivity index (χ2v) is 14.7. The largest absolute Gasteiger partial charge is 0.469 e. The Balaban J connectivity index is 1.80. The third-order valence-corrected chi connectivity index (χ3v) is 12.3. The number of Topliss-reactive ketones (excluding diaryl/α,β-unsaturated/α-hetero) is 2. The van der Waals surface area contributed by atoms with Crippen molar-refractivity contribution in [3.8, 4) is 6.07 Å². The summed E-state index contributed by atoms with van der Waals surface area (Å²) in [6.45, 7) is 15.3.